The Labute approximate surface area is 701 Å². The molecule has 24 nitrogen and oxygen atoms in total. The average Bonchev–Trinajstić information content (AvgIpc) is 1.76. The molecule has 0 radical (unpaired) electrons. The molecule has 4 amide bonds. The Morgan fingerprint density at radius 3 is 1.10 bits per heavy atom. The fraction of sp³-hybridized carbons (Fsp3) is 0.473. The van der Waals surface area contributed by atoms with Crippen LogP contribution in [0.4, 0.5) is 36.6 Å². The number of furan rings is 2. The number of nitrogen functional groups attached to an aromatic ring is 1. The average molecular weight is 1680 g/mol. The fourth-order valence-corrected chi connectivity index (χ4v) is 15.1. The van der Waals surface area contributed by atoms with Crippen molar-refractivity contribution in [1.29, 1.82) is 0 Å². The molecule has 0 bridgehead atoms. The lowest BCUT2D eigenvalue weighted by Crippen LogP contribution is -2.44. The summed E-state index contributed by atoms with van der Waals surface area (Å²) >= 11 is 3.59. The largest absolute Gasteiger partial charge is 0.460 e. The Bertz CT molecular complexity index is 5140. The first kappa shape index (κ1) is 88.8. The predicted molar refractivity (Wildman–Crippen MR) is 467 cm³/mol. The summed E-state index contributed by atoms with van der Waals surface area (Å²) in [5.41, 5.74) is 14.6. The van der Waals surface area contributed by atoms with Crippen LogP contribution in [-0.2, 0) is 57.6 Å². The lowest BCUT2D eigenvalue weighted by molar-refractivity contribution is -0.157. The second-order valence-corrected chi connectivity index (χ2v) is 38.0. The van der Waals surface area contributed by atoms with Crippen molar-refractivity contribution < 1.29 is 66.0 Å². The molecule has 630 valence electrons. The molecule has 0 spiro atoms. The molecule has 0 aliphatic carbocycles. The summed E-state index contributed by atoms with van der Waals surface area (Å²) < 4.78 is 46.6. The lowest BCUT2D eigenvalue weighted by atomic mass is 9.93. The van der Waals surface area contributed by atoms with Gasteiger partial charge in [-0.2, -0.15) is 9.80 Å². The van der Waals surface area contributed by atoms with Gasteiger partial charge in [0.05, 0.1) is 0 Å². The first-order chi connectivity index (χ1) is 55.3. The van der Waals surface area contributed by atoms with Crippen molar-refractivity contribution in [2.24, 2.45) is 17.6 Å². The first-order valence-electron chi connectivity index (χ1n) is 40.9. The zero-order valence-electron chi connectivity index (χ0n) is 71.8. The van der Waals surface area contributed by atoms with Crippen molar-refractivity contribution in [3.63, 3.8) is 0 Å². The zero-order chi connectivity index (χ0) is 85.6. The minimum Gasteiger partial charge on any atom is -0.460 e. The van der Waals surface area contributed by atoms with Crippen LogP contribution >= 0.6 is 15.9 Å². The maximum atomic E-state index is 13.6. The van der Waals surface area contributed by atoms with Gasteiger partial charge in [-0.25, -0.2) is 34.1 Å². The van der Waals surface area contributed by atoms with Gasteiger partial charge < -0.3 is 48.7 Å². The molecule has 3 fully saturated rings. The van der Waals surface area contributed by atoms with Crippen molar-refractivity contribution in [2.75, 3.05) is 54.8 Å². The number of hydrogen-bond acceptors (Lipinski definition) is 22. The standard InChI is InChI=1S/C39H49N3O7.C31H44BrN3O6.C23H24N4O/c1-37(2,3)47-33(43)21-25-16-18-41(19-17-25)24-26-14-15-28-29(20-26)30(32-22-27-12-10-11-13-31(27)46-32)23-40-34(28)42(35(44)48-38(4,5)6)36(45)49-39(7,8)9;1-29(2,3)39-25(36)17-20-12-14-34(15-13-20)19-21-10-11-22-23(16-21)24(32)18-33-26(22)35(27(37)40-30(4,5)6)28(38)41-31(7,8)9;24-17-7-9-27(10-8-17)14-15-5-6-18-19(11-15)20(13-26-23(18)25)22-12-16-3-1-2-4-21(16)28-22/h10-15,20,22-23,25H,16-19,21,24H2,1-9H3;10-11,16,18,20H,12-15,17,19H2,1-9H3;1-6,11-13,17H,7-10,14,24H2,(H2,25,26). The Kier molecular flexibility index (Phi) is 27.6. The van der Waals surface area contributed by atoms with Crippen LogP contribution < -0.4 is 21.3 Å². The quantitative estimate of drug-likeness (QED) is 0.0755. The van der Waals surface area contributed by atoms with Crippen molar-refractivity contribution in [2.45, 2.75) is 235 Å². The van der Waals surface area contributed by atoms with E-state index in [0.717, 1.165) is 177 Å². The third-order valence-corrected chi connectivity index (χ3v) is 20.6. The minimum absolute atomic E-state index is 0.105. The fourth-order valence-electron chi connectivity index (χ4n) is 14.6. The van der Waals surface area contributed by atoms with Gasteiger partial charge in [-0.1, -0.05) is 72.8 Å². The third-order valence-electron chi connectivity index (χ3n) is 19.9. The van der Waals surface area contributed by atoms with Crippen LogP contribution in [0.1, 0.15) is 193 Å². The molecule has 10 aromatic rings. The summed E-state index contributed by atoms with van der Waals surface area (Å²) in [5, 5.41) is 6.82. The summed E-state index contributed by atoms with van der Waals surface area (Å²) in [6.07, 6.45) is 8.24. The number of halogens is 1. The number of pyridine rings is 3. The number of esters is 2. The Morgan fingerprint density at radius 1 is 0.407 bits per heavy atom. The molecule has 5 aromatic heterocycles. The number of hydrogen-bond donors (Lipinski definition) is 2. The topological polar surface area (TPSA) is 291 Å². The van der Waals surface area contributed by atoms with Crippen LogP contribution in [0.25, 0.3) is 76.9 Å². The Hall–Kier alpha value is -10.1. The van der Waals surface area contributed by atoms with E-state index in [1.54, 1.807) is 95.5 Å². The van der Waals surface area contributed by atoms with Crippen molar-refractivity contribution >= 4 is 124 Å². The van der Waals surface area contributed by atoms with Crippen molar-refractivity contribution in [3.8, 4) is 22.6 Å². The number of piperidine rings is 3. The predicted octanol–water partition coefficient (Wildman–Crippen LogP) is 21.0. The van der Waals surface area contributed by atoms with Crippen LogP contribution in [-0.4, -0.2) is 145 Å². The number of imide groups is 2. The normalized spacial score (nSPS) is 15.4. The molecular formula is C93H117BrN10O14. The van der Waals surface area contributed by atoms with E-state index in [4.69, 9.17) is 48.7 Å². The van der Waals surface area contributed by atoms with E-state index in [0.29, 0.717) is 59.6 Å². The SMILES string of the molecule is CC(C)(C)OC(=O)CC1CCN(Cc2ccc3c(N(C(=O)OC(C)(C)C)C(=O)OC(C)(C)C)ncc(-c4cc5ccccc5o4)c3c2)CC1.CC(C)(C)OC(=O)CC1CCN(Cc2ccc3c(N(C(=O)OC(C)(C)C)C(=O)OC(C)(C)C)ncc(Br)c3c2)CC1.Nc1ncc(-c2cc3ccccc3o2)c2cc(CN3CCC(N)CC3)ccc12. The number of aromatic nitrogens is 3. The molecular weight excluding hydrogens is 1560 g/mol. The first-order valence-corrected chi connectivity index (χ1v) is 41.7. The minimum atomic E-state index is -0.884. The lowest BCUT2D eigenvalue weighted by Gasteiger charge is -2.32. The summed E-state index contributed by atoms with van der Waals surface area (Å²) in [7, 11) is 0. The molecule has 4 N–H and O–H groups in total. The monoisotopic (exact) mass is 1680 g/mol. The number of carbonyl (C=O) groups excluding carboxylic acids is 6. The van der Waals surface area contributed by atoms with E-state index in [9.17, 15) is 28.8 Å². The second kappa shape index (κ2) is 36.7. The summed E-state index contributed by atoms with van der Waals surface area (Å²) in [6.45, 7) is 40.1. The van der Waals surface area contributed by atoms with Gasteiger partial charge in [-0.3, -0.25) is 24.3 Å². The van der Waals surface area contributed by atoms with Crippen LogP contribution in [0, 0.1) is 11.8 Å². The number of carbonyl (C=O) groups is 6. The molecule has 13 rings (SSSR count). The highest BCUT2D eigenvalue weighted by molar-refractivity contribution is 9.10. The Morgan fingerprint density at radius 2 is 0.729 bits per heavy atom. The smallest absolute Gasteiger partial charge is 0.425 e. The van der Waals surface area contributed by atoms with E-state index >= 15 is 0 Å². The van der Waals surface area contributed by atoms with Gasteiger partial charge in [-0.15, -0.1) is 0 Å². The molecule has 118 heavy (non-hydrogen) atoms. The number of nitrogens with zero attached hydrogens (tertiary/aromatic N) is 8. The molecule has 25 heteroatoms. The van der Waals surface area contributed by atoms with Gasteiger partial charge in [-0.05, 0) is 300 Å². The van der Waals surface area contributed by atoms with E-state index in [1.165, 1.54) is 5.56 Å². The van der Waals surface area contributed by atoms with Gasteiger partial charge in [0.2, 0.25) is 0 Å². The number of benzene rings is 5. The maximum absolute atomic E-state index is 13.6. The van der Waals surface area contributed by atoms with Crippen molar-refractivity contribution in [3.05, 3.63) is 155 Å². The summed E-state index contributed by atoms with van der Waals surface area (Å²) in [4.78, 5) is 101. The van der Waals surface area contributed by atoms with Crippen LogP contribution in [0.15, 0.2) is 147 Å². The number of nitrogens with two attached hydrogens (primary N) is 2. The van der Waals surface area contributed by atoms with Crippen molar-refractivity contribution in [1.82, 2.24) is 29.7 Å². The number of likely N-dealkylation sites (tertiary alicyclic amines) is 3. The summed E-state index contributed by atoms with van der Waals surface area (Å²) in [6, 6.07) is 38.5. The van der Waals surface area contributed by atoms with Crippen LogP contribution in [0.2, 0.25) is 0 Å². The number of para-hydroxylation sites is 2. The molecule has 0 unspecified atom stereocenters. The number of fused-ring (bicyclic) bond motifs is 5. The number of ether oxygens (including phenoxy) is 6. The Balaban J connectivity index is 0.000000179. The number of rotatable bonds is 14. The maximum Gasteiger partial charge on any atom is 0.425 e. The van der Waals surface area contributed by atoms with E-state index in [-0.39, 0.29) is 23.6 Å². The van der Waals surface area contributed by atoms with Gasteiger partial charge >= 0.3 is 36.3 Å². The van der Waals surface area contributed by atoms with E-state index in [2.05, 4.69) is 82.0 Å². The highest BCUT2D eigenvalue weighted by Gasteiger charge is 2.38. The van der Waals surface area contributed by atoms with Gasteiger partial charge in [0.1, 0.15) is 62.1 Å². The second-order valence-electron chi connectivity index (χ2n) is 37.1. The van der Waals surface area contributed by atoms with Crippen LogP contribution in [0.5, 0.6) is 0 Å². The molecule has 3 aliphatic heterocycles. The van der Waals surface area contributed by atoms with Gasteiger partial charge in [0, 0.05) is 105 Å². The van der Waals surface area contributed by atoms with Gasteiger partial charge in [0.25, 0.3) is 0 Å². The molecule has 0 saturated carbocycles. The van der Waals surface area contributed by atoms with Crippen LogP contribution in [0.3, 0.4) is 0 Å². The third kappa shape index (κ3) is 24.6. The van der Waals surface area contributed by atoms with E-state index in [1.807, 2.05) is 127 Å². The molecule has 8 heterocycles. The highest BCUT2D eigenvalue weighted by Crippen LogP contribution is 2.41. The van der Waals surface area contributed by atoms with Gasteiger partial charge in [0.15, 0.2) is 11.6 Å². The molecule has 0 atom stereocenters. The highest BCUT2D eigenvalue weighted by atomic mass is 79.9. The molecule has 3 aliphatic rings. The molecule has 3 saturated heterocycles. The number of amides is 4. The number of anilines is 3. The zero-order valence-corrected chi connectivity index (χ0v) is 73.4. The van der Waals surface area contributed by atoms with E-state index < -0.39 is 58.0 Å². The summed E-state index contributed by atoms with van der Waals surface area (Å²) in [5.74, 6) is 2.57. The molecule has 5 aromatic carbocycles.